The zero-order valence-corrected chi connectivity index (χ0v) is 23.3. The first-order chi connectivity index (χ1) is 18.5. The maximum atomic E-state index is 13.0. The van der Waals surface area contributed by atoms with Gasteiger partial charge in [0.25, 0.3) is 0 Å². The number of halogens is 3. The molecule has 0 spiro atoms. The van der Waals surface area contributed by atoms with Gasteiger partial charge in [-0.1, -0.05) is 30.3 Å². The largest absolute Gasteiger partial charge is 0.393 e. The van der Waals surface area contributed by atoms with Crippen LogP contribution in [0.25, 0.3) is 10.2 Å². The molecule has 4 heterocycles. The molecule has 2 N–H and O–H groups in total. The van der Waals surface area contributed by atoms with Crippen LogP contribution >= 0.6 is 11.3 Å². The molecule has 0 saturated carbocycles. The maximum Gasteiger partial charge on any atom is 0.393 e. The molecular weight excluding hydrogens is 549 g/mol. The van der Waals surface area contributed by atoms with E-state index in [2.05, 4.69) is 37.6 Å². The Labute approximate surface area is 230 Å². The molecule has 0 aliphatic carbocycles. The Kier molecular flexibility index (Phi) is 8.43. The molecule has 3 atom stereocenters. The fraction of sp³-hybridized carbons (Fsp3) is 0.538. The number of sulfonamides is 1. The molecule has 0 amide bonds. The number of benzene rings is 1. The second kappa shape index (κ2) is 11.7. The van der Waals surface area contributed by atoms with Crippen molar-refractivity contribution in [3.63, 3.8) is 0 Å². The third-order valence-corrected chi connectivity index (χ3v) is 9.76. The number of aromatic nitrogens is 2. The number of nitrogens with zero attached hydrogens (tertiary/aromatic N) is 4. The van der Waals surface area contributed by atoms with Crippen molar-refractivity contribution in [3.8, 4) is 0 Å². The van der Waals surface area contributed by atoms with E-state index < -0.39 is 22.6 Å². The lowest BCUT2D eigenvalue weighted by Crippen LogP contribution is -2.58. The lowest BCUT2D eigenvalue weighted by Gasteiger charge is -2.40. The van der Waals surface area contributed by atoms with Gasteiger partial charge >= 0.3 is 6.18 Å². The molecule has 0 unspecified atom stereocenters. The summed E-state index contributed by atoms with van der Waals surface area (Å²) in [6.07, 6.45) is -0.211. The van der Waals surface area contributed by atoms with Gasteiger partial charge in [-0.2, -0.15) is 17.5 Å². The third-order valence-electron chi connectivity index (χ3n) is 7.39. The predicted octanol–water partition coefficient (Wildman–Crippen LogP) is 3.86. The van der Waals surface area contributed by atoms with Crippen LogP contribution in [0.4, 0.5) is 19.0 Å². The second-order valence-corrected chi connectivity index (χ2v) is 13.4. The van der Waals surface area contributed by atoms with E-state index in [-0.39, 0.29) is 23.0 Å². The molecule has 0 bridgehead atoms. The number of anilines is 1. The summed E-state index contributed by atoms with van der Waals surface area (Å²) in [4.78, 5) is 11.7. The van der Waals surface area contributed by atoms with Crippen LogP contribution in [0.1, 0.15) is 29.7 Å². The molecule has 2 fully saturated rings. The topological polar surface area (TPSA) is 90.5 Å². The number of rotatable bonds is 9. The van der Waals surface area contributed by atoms with Gasteiger partial charge in [-0.3, -0.25) is 4.90 Å². The molecule has 212 valence electrons. The second-order valence-electron chi connectivity index (χ2n) is 10.4. The Bertz CT molecular complexity index is 1370. The highest BCUT2D eigenvalue weighted by atomic mass is 32.2. The van der Waals surface area contributed by atoms with Gasteiger partial charge in [0.1, 0.15) is 17.0 Å². The average molecular weight is 583 g/mol. The van der Waals surface area contributed by atoms with Crippen molar-refractivity contribution in [2.45, 2.75) is 56.5 Å². The summed E-state index contributed by atoms with van der Waals surface area (Å²) in [6.45, 7) is 3.43. The molecule has 2 aromatic heterocycles. The van der Waals surface area contributed by atoms with E-state index in [0.717, 1.165) is 50.2 Å². The van der Waals surface area contributed by atoms with E-state index in [1.165, 1.54) is 24.2 Å². The summed E-state index contributed by atoms with van der Waals surface area (Å²) in [5.41, 5.74) is 1.22. The van der Waals surface area contributed by atoms with Crippen LogP contribution in [-0.2, 0) is 23.0 Å². The van der Waals surface area contributed by atoms with E-state index in [1.54, 1.807) is 4.31 Å². The predicted molar refractivity (Wildman–Crippen MR) is 147 cm³/mol. The Hall–Kier alpha value is -2.32. The first-order valence-corrected chi connectivity index (χ1v) is 15.7. The number of piperidine rings is 1. The summed E-state index contributed by atoms with van der Waals surface area (Å²) >= 11 is 1.03. The minimum absolute atomic E-state index is 0.0252. The van der Waals surface area contributed by atoms with E-state index in [9.17, 15) is 21.6 Å². The molecule has 8 nitrogen and oxygen atoms in total. The van der Waals surface area contributed by atoms with Gasteiger partial charge in [-0.05, 0) is 30.9 Å². The van der Waals surface area contributed by atoms with Crippen molar-refractivity contribution < 1.29 is 21.6 Å². The van der Waals surface area contributed by atoms with Gasteiger partial charge in [-0.15, -0.1) is 11.3 Å². The quantitative estimate of drug-likeness (QED) is 0.396. The van der Waals surface area contributed by atoms with Crippen LogP contribution in [-0.4, -0.2) is 84.3 Å². The van der Waals surface area contributed by atoms with Gasteiger partial charge in [0.05, 0.1) is 18.1 Å². The first kappa shape index (κ1) is 28.2. The van der Waals surface area contributed by atoms with Crippen LogP contribution in [0.3, 0.4) is 0 Å². The van der Waals surface area contributed by atoms with Crippen molar-refractivity contribution in [1.29, 1.82) is 0 Å². The fourth-order valence-electron chi connectivity index (χ4n) is 5.60. The molecule has 5 rings (SSSR count). The van der Waals surface area contributed by atoms with Gasteiger partial charge in [0, 0.05) is 55.7 Å². The summed E-state index contributed by atoms with van der Waals surface area (Å²) in [5, 5.41) is 7.73. The Morgan fingerprint density at radius 1 is 1.10 bits per heavy atom. The number of thiophene rings is 1. The highest BCUT2D eigenvalue weighted by Gasteiger charge is 2.35. The SMILES string of the molecule is CS(=O)(=O)N1CCC[C@H]1CN[C@H]1CN(Cc2ccccc2)CC[C@@H]1Nc1ncnc2sc(CC(F)(F)F)cc12. The molecule has 39 heavy (non-hydrogen) atoms. The van der Waals surface area contributed by atoms with E-state index in [0.29, 0.717) is 29.1 Å². The molecule has 13 heteroatoms. The lowest BCUT2D eigenvalue weighted by atomic mass is 9.97. The zero-order valence-electron chi connectivity index (χ0n) is 21.7. The van der Waals surface area contributed by atoms with Crippen LogP contribution in [0.5, 0.6) is 0 Å². The summed E-state index contributed by atoms with van der Waals surface area (Å²) in [7, 11) is -3.28. The molecule has 1 aromatic carbocycles. The van der Waals surface area contributed by atoms with Crippen molar-refractivity contribution in [3.05, 3.63) is 53.2 Å². The summed E-state index contributed by atoms with van der Waals surface area (Å²) in [6, 6.07) is 11.6. The molecule has 3 aromatic rings. The minimum Gasteiger partial charge on any atom is -0.365 e. The van der Waals surface area contributed by atoms with Crippen molar-refractivity contribution in [2.24, 2.45) is 0 Å². The highest BCUT2D eigenvalue weighted by Crippen LogP contribution is 2.33. The zero-order chi connectivity index (χ0) is 27.6. The lowest BCUT2D eigenvalue weighted by molar-refractivity contribution is -0.126. The molecule has 0 radical (unpaired) electrons. The normalized spacial score (nSPS) is 23.4. The van der Waals surface area contributed by atoms with E-state index >= 15 is 0 Å². The Morgan fingerprint density at radius 3 is 2.64 bits per heavy atom. The number of hydrogen-bond donors (Lipinski definition) is 2. The first-order valence-electron chi connectivity index (χ1n) is 13.1. The fourth-order valence-corrected chi connectivity index (χ4v) is 7.81. The number of fused-ring (bicyclic) bond motifs is 1. The molecular formula is C26H33F3N6O2S2. The molecule has 2 aliphatic heterocycles. The number of hydrogen-bond acceptors (Lipinski definition) is 8. The van der Waals surface area contributed by atoms with Gasteiger partial charge < -0.3 is 10.6 Å². The van der Waals surface area contributed by atoms with Crippen LogP contribution in [0.15, 0.2) is 42.7 Å². The molecule has 2 aliphatic rings. The van der Waals surface area contributed by atoms with E-state index in [1.807, 2.05) is 18.2 Å². The van der Waals surface area contributed by atoms with Crippen molar-refractivity contribution >= 4 is 37.4 Å². The number of alkyl halides is 3. The van der Waals surface area contributed by atoms with Crippen molar-refractivity contribution in [2.75, 3.05) is 37.8 Å². The minimum atomic E-state index is -4.29. The monoisotopic (exact) mass is 582 g/mol. The van der Waals surface area contributed by atoms with E-state index in [4.69, 9.17) is 0 Å². The standard InChI is InChI=1S/C26H33F3N6O2S2/c1-39(36,37)35-10-5-8-19(35)14-30-23-16-34(15-18-6-3-2-4-7-18)11-9-22(23)33-24-21-12-20(13-26(27,28)29)38-25(21)32-17-31-24/h2-4,6-7,12,17,19,22-23,30H,5,8-11,13-16H2,1H3,(H,31,32,33)/t19-,22-,23-/m0/s1. The summed E-state index contributed by atoms with van der Waals surface area (Å²) < 4.78 is 65.1. The van der Waals surface area contributed by atoms with Crippen molar-refractivity contribution in [1.82, 2.24) is 24.5 Å². The Balaban J connectivity index is 1.34. The van der Waals surface area contributed by atoms with Crippen LogP contribution in [0, 0.1) is 0 Å². The van der Waals surface area contributed by atoms with Crippen LogP contribution in [0.2, 0.25) is 0 Å². The highest BCUT2D eigenvalue weighted by molar-refractivity contribution is 7.88. The third kappa shape index (κ3) is 7.26. The number of nitrogens with one attached hydrogen (secondary N) is 2. The number of likely N-dealkylation sites (tertiary alicyclic amines) is 1. The Morgan fingerprint density at radius 2 is 1.90 bits per heavy atom. The van der Waals surface area contributed by atoms with Gasteiger partial charge in [0.2, 0.25) is 10.0 Å². The summed E-state index contributed by atoms with van der Waals surface area (Å²) in [5.74, 6) is 0.525. The average Bonchev–Trinajstić information content (AvgIpc) is 3.51. The smallest absolute Gasteiger partial charge is 0.365 e. The van der Waals surface area contributed by atoms with Gasteiger partial charge in [-0.25, -0.2) is 18.4 Å². The van der Waals surface area contributed by atoms with Crippen LogP contribution < -0.4 is 10.6 Å². The molecule has 2 saturated heterocycles. The maximum absolute atomic E-state index is 13.0. The van der Waals surface area contributed by atoms with Gasteiger partial charge in [0.15, 0.2) is 0 Å².